The second kappa shape index (κ2) is 8.37. The molecular formula is C23H24N2O6. The van der Waals surface area contributed by atoms with Crippen LogP contribution in [0.15, 0.2) is 42.5 Å². The van der Waals surface area contributed by atoms with Crippen LogP contribution in [0.4, 0.5) is 0 Å². The Hall–Kier alpha value is -3.42. The molecule has 2 aromatic carbocycles. The van der Waals surface area contributed by atoms with Gasteiger partial charge in [0, 0.05) is 32.6 Å². The van der Waals surface area contributed by atoms with Crippen LogP contribution >= 0.6 is 0 Å². The summed E-state index contributed by atoms with van der Waals surface area (Å²) in [6.07, 6.45) is 0.411. The molecule has 0 unspecified atom stereocenters. The van der Waals surface area contributed by atoms with Crippen molar-refractivity contribution in [1.82, 2.24) is 9.80 Å². The lowest BCUT2D eigenvalue weighted by atomic mass is 10.1. The first-order valence-electron chi connectivity index (χ1n) is 10.5. The first-order chi connectivity index (χ1) is 15.2. The van der Waals surface area contributed by atoms with Crippen molar-refractivity contribution in [3.63, 3.8) is 0 Å². The summed E-state index contributed by atoms with van der Waals surface area (Å²) in [5.74, 6) is 2.71. The Bertz CT molecular complexity index is 986. The van der Waals surface area contributed by atoms with Gasteiger partial charge in [0.25, 0.3) is 5.91 Å². The van der Waals surface area contributed by atoms with Crippen LogP contribution in [0.2, 0.25) is 0 Å². The van der Waals surface area contributed by atoms with Crippen LogP contribution in [-0.2, 0) is 16.0 Å². The first kappa shape index (κ1) is 19.5. The molecule has 3 aliphatic heterocycles. The molecule has 8 nitrogen and oxygen atoms in total. The standard InChI is InChI=1S/C23H24N2O6/c26-22(8-6-16-5-7-18-20(13-16)30-15-29-18)24-9-11-25(12-10-24)23(27)21-14-28-17-3-1-2-4-19(17)31-21/h1-5,7,13,21H,6,8-12,14-15H2/t21-/m0/s1. The van der Waals surface area contributed by atoms with E-state index in [1.807, 2.05) is 41.3 Å². The monoisotopic (exact) mass is 424 g/mol. The minimum Gasteiger partial charge on any atom is -0.485 e. The van der Waals surface area contributed by atoms with E-state index in [-0.39, 0.29) is 25.2 Å². The lowest BCUT2D eigenvalue weighted by Gasteiger charge is -2.37. The van der Waals surface area contributed by atoms with Gasteiger partial charge in [-0.2, -0.15) is 0 Å². The molecule has 0 spiro atoms. The molecule has 5 rings (SSSR count). The van der Waals surface area contributed by atoms with Gasteiger partial charge in [-0.05, 0) is 36.2 Å². The minimum absolute atomic E-state index is 0.0935. The van der Waals surface area contributed by atoms with Gasteiger partial charge in [0.15, 0.2) is 23.0 Å². The molecule has 0 radical (unpaired) electrons. The number of piperazine rings is 1. The van der Waals surface area contributed by atoms with E-state index in [9.17, 15) is 9.59 Å². The summed E-state index contributed by atoms with van der Waals surface area (Å²) < 4.78 is 22.2. The van der Waals surface area contributed by atoms with E-state index in [1.165, 1.54) is 0 Å². The Morgan fingerprint density at radius 3 is 2.39 bits per heavy atom. The maximum Gasteiger partial charge on any atom is 0.267 e. The highest BCUT2D eigenvalue weighted by molar-refractivity contribution is 5.82. The zero-order chi connectivity index (χ0) is 21.2. The van der Waals surface area contributed by atoms with Crippen molar-refractivity contribution < 1.29 is 28.5 Å². The fourth-order valence-electron chi connectivity index (χ4n) is 4.03. The lowest BCUT2D eigenvalue weighted by molar-refractivity contribution is -0.146. The third-order valence-corrected chi connectivity index (χ3v) is 5.79. The van der Waals surface area contributed by atoms with Crippen molar-refractivity contribution in [1.29, 1.82) is 0 Å². The molecule has 1 saturated heterocycles. The highest BCUT2D eigenvalue weighted by Gasteiger charge is 2.33. The maximum absolute atomic E-state index is 12.8. The average molecular weight is 424 g/mol. The van der Waals surface area contributed by atoms with Gasteiger partial charge < -0.3 is 28.7 Å². The molecule has 3 aliphatic rings. The van der Waals surface area contributed by atoms with Crippen LogP contribution in [0.3, 0.4) is 0 Å². The fraction of sp³-hybridized carbons (Fsp3) is 0.391. The lowest BCUT2D eigenvalue weighted by Crippen LogP contribution is -2.55. The molecular weight excluding hydrogens is 400 g/mol. The predicted molar refractivity (Wildman–Crippen MR) is 110 cm³/mol. The molecule has 162 valence electrons. The fourth-order valence-corrected chi connectivity index (χ4v) is 4.03. The van der Waals surface area contributed by atoms with Gasteiger partial charge in [0.1, 0.15) is 6.61 Å². The SMILES string of the molecule is O=C(CCc1ccc2c(c1)OCO2)N1CCN(C(=O)[C@@H]2COc3ccccc3O2)CC1. The molecule has 2 amide bonds. The largest absolute Gasteiger partial charge is 0.485 e. The van der Waals surface area contributed by atoms with Crippen LogP contribution in [0.5, 0.6) is 23.0 Å². The van der Waals surface area contributed by atoms with Crippen molar-refractivity contribution in [3.8, 4) is 23.0 Å². The first-order valence-corrected chi connectivity index (χ1v) is 10.5. The highest BCUT2D eigenvalue weighted by Crippen LogP contribution is 2.33. The molecule has 2 aromatic rings. The number of amides is 2. The van der Waals surface area contributed by atoms with E-state index in [2.05, 4.69) is 0 Å². The van der Waals surface area contributed by atoms with E-state index in [1.54, 1.807) is 11.0 Å². The van der Waals surface area contributed by atoms with Crippen molar-refractivity contribution in [2.75, 3.05) is 39.6 Å². The van der Waals surface area contributed by atoms with Crippen molar-refractivity contribution in [2.24, 2.45) is 0 Å². The summed E-state index contributed by atoms with van der Waals surface area (Å²) in [6.45, 7) is 2.48. The molecule has 0 aliphatic carbocycles. The summed E-state index contributed by atoms with van der Waals surface area (Å²) >= 11 is 0. The number of hydrogen-bond acceptors (Lipinski definition) is 6. The molecule has 1 atom stereocenters. The molecule has 3 heterocycles. The summed E-state index contributed by atoms with van der Waals surface area (Å²) in [5, 5.41) is 0. The van der Waals surface area contributed by atoms with E-state index in [0.29, 0.717) is 50.5 Å². The molecule has 0 bridgehead atoms. The second-order valence-corrected chi connectivity index (χ2v) is 7.76. The Balaban J connectivity index is 1.10. The summed E-state index contributed by atoms with van der Waals surface area (Å²) in [7, 11) is 0. The van der Waals surface area contributed by atoms with Crippen molar-refractivity contribution in [2.45, 2.75) is 18.9 Å². The van der Waals surface area contributed by atoms with Gasteiger partial charge in [0.05, 0.1) is 0 Å². The molecule has 8 heteroatoms. The Morgan fingerprint density at radius 1 is 0.839 bits per heavy atom. The average Bonchev–Trinajstić information content (AvgIpc) is 3.30. The number of hydrogen-bond donors (Lipinski definition) is 0. The van der Waals surface area contributed by atoms with E-state index >= 15 is 0 Å². The zero-order valence-corrected chi connectivity index (χ0v) is 17.1. The Kier molecular flexibility index (Phi) is 5.28. The number of ether oxygens (including phenoxy) is 4. The summed E-state index contributed by atoms with van der Waals surface area (Å²) in [4.78, 5) is 29.1. The van der Waals surface area contributed by atoms with Gasteiger partial charge in [-0.15, -0.1) is 0 Å². The normalized spacial score (nSPS) is 19.3. The Labute approximate surface area is 180 Å². The van der Waals surface area contributed by atoms with E-state index in [0.717, 1.165) is 17.1 Å². The molecule has 0 N–H and O–H groups in total. The third-order valence-electron chi connectivity index (χ3n) is 5.79. The number of para-hydroxylation sites is 2. The van der Waals surface area contributed by atoms with Crippen LogP contribution in [0, 0.1) is 0 Å². The van der Waals surface area contributed by atoms with E-state index < -0.39 is 6.10 Å². The minimum atomic E-state index is -0.650. The topological polar surface area (TPSA) is 77.5 Å². The molecule has 0 saturated carbocycles. The number of nitrogens with zero attached hydrogens (tertiary/aromatic N) is 2. The number of benzene rings is 2. The molecule has 1 fully saturated rings. The number of carbonyl (C=O) groups is 2. The molecule has 0 aromatic heterocycles. The zero-order valence-electron chi connectivity index (χ0n) is 17.1. The van der Waals surface area contributed by atoms with E-state index in [4.69, 9.17) is 18.9 Å². The predicted octanol–water partition coefficient (Wildman–Crippen LogP) is 1.86. The van der Waals surface area contributed by atoms with Gasteiger partial charge >= 0.3 is 0 Å². The number of fused-ring (bicyclic) bond motifs is 2. The smallest absolute Gasteiger partial charge is 0.267 e. The van der Waals surface area contributed by atoms with Crippen LogP contribution < -0.4 is 18.9 Å². The van der Waals surface area contributed by atoms with Crippen molar-refractivity contribution in [3.05, 3.63) is 48.0 Å². The van der Waals surface area contributed by atoms with Crippen molar-refractivity contribution >= 4 is 11.8 Å². The maximum atomic E-state index is 12.8. The quantitative estimate of drug-likeness (QED) is 0.746. The van der Waals surface area contributed by atoms with Gasteiger partial charge in [-0.25, -0.2) is 0 Å². The number of carbonyl (C=O) groups excluding carboxylic acids is 2. The van der Waals surface area contributed by atoms with Gasteiger partial charge in [-0.1, -0.05) is 18.2 Å². The number of rotatable bonds is 4. The third kappa shape index (κ3) is 4.10. The number of aryl methyl sites for hydroxylation is 1. The second-order valence-electron chi connectivity index (χ2n) is 7.76. The highest BCUT2D eigenvalue weighted by atomic mass is 16.7. The van der Waals surface area contributed by atoms with Gasteiger partial charge in [0.2, 0.25) is 18.8 Å². The molecule has 31 heavy (non-hydrogen) atoms. The van der Waals surface area contributed by atoms with Gasteiger partial charge in [-0.3, -0.25) is 9.59 Å². The van der Waals surface area contributed by atoms with Crippen LogP contribution in [-0.4, -0.2) is 67.3 Å². The van der Waals surface area contributed by atoms with Crippen LogP contribution in [0.1, 0.15) is 12.0 Å². The van der Waals surface area contributed by atoms with Crippen LogP contribution in [0.25, 0.3) is 0 Å². The Morgan fingerprint density at radius 2 is 1.55 bits per heavy atom. The summed E-state index contributed by atoms with van der Waals surface area (Å²) in [5.41, 5.74) is 1.04. The summed E-state index contributed by atoms with van der Waals surface area (Å²) in [6, 6.07) is 13.1.